The molecule has 106 valence electrons. The molecule has 2 N–H and O–H groups in total. The zero-order valence-electron chi connectivity index (χ0n) is 11.4. The summed E-state index contributed by atoms with van der Waals surface area (Å²) in [5.74, 6) is -0.201. The Kier molecular flexibility index (Phi) is 5.63. The van der Waals surface area contributed by atoms with Crippen molar-refractivity contribution in [2.24, 2.45) is 0 Å². The number of aliphatic hydroxyl groups excluding tert-OH is 1. The van der Waals surface area contributed by atoms with Gasteiger partial charge in [-0.2, -0.15) is 0 Å². The van der Waals surface area contributed by atoms with E-state index in [1.165, 1.54) is 0 Å². The molecule has 0 heterocycles. The molecule has 0 aliphatic rings. The third-order valence-electron chi connectivity index (χ3n) is 2.22. The van der Waals surface area contributed by atoms with Crippen molar-refractivity contribution in [3.63, 3.8) is 0 Å². The Hall–Kier alpha value is -1.26. The lowest BCUT2D eigenvalue weighted by molar-refractivity contribution is 0.00696. The van der Waals surface area contributed by atoms with Gasteiger partial charge >= 0.3 is 5.97 Å². The highest BCUT2D eigenvalue weighted by Gasteiger charge is 2.17. The Labute approximate surface area is 118 Å². The number of ether oxygens (including phenoxy) is 1. The van der Waals surface area contributed by atoms with Crippen molar-refractivity contribution in [1.82, 2.24) is 0 Å². The molecule has 0 spiro atoms. The van der Waals surface area contributed by atoms with Crippen LogP contribution in [0.4, 0.5) is 5.69 Å². The summed E-state index contributed by atoms with van der Waals surface area (Å²) in [7, 11) is 0. The van der Waals surface area contributed by atoms with Gasteiger partial charge in [-0.3, -0.25) is 0 Å². The van der Waals surface area contributed by atoms with Crippen LogP contribution in [-0.4, -0.2) is 35.2 Å². The van der Waals surface area contributed by atoms with Crippen molar-refractivity contribution >= 4 is 23.3 Å². The lowest BCUT2D eigenvalue weighted by Crippen LogP contribution is -2.24. The van der Waals surface area contributed by atoms with Crippen LogP contribution in [-0.2, 0) is 4.74 Å². The molecule has 1 aromatic rings. The molecule has 4 nitrogen and oxygen atoms in total. The van der Waals surface area contributed by atoms with E-state index in [1.54, 1.807) is 18.2 Å². The predicted octanol–water partition coefficient (Wildman–Crippen LogP) is 2.65. The number of alkyl halides is 1. The molecule has 1 unspecified atom stereocenters. The van der Waals surface area contributed by atoms with Crippen LogP contribution in [0, 0.1) is 0 Å². The van der Waals surface area contributed by atoms with Crippen LogP contribution in [0.1, 0.15) is 31.1 Å². The Balaban J connectivity index is 2.69. The largest absolute Gasteiger partial charge is 0.456 e. The fourth-order valence-corrected chi connectivity index (χ4v) is 1.49. The lowest BCUT2D eigenvalue weighted by Gasteiger charge is -2.19. The quantitative estimate of drug-likeness (QED) is 0.645. The molecular formula is C14H20ClNO3. The minimum atomic E-state index is -0.619. The lowest BCUT2D eigenvalue weighted by atomic mass is 10.1. The van der Waals surface area contributed by atoms with Gasteiger partial charge in [-0.15, -0.1) is 11.6 Å². The smallest absolute Gasteiger partial charge is 0.338 e. The summed E-state index contributed by atoms with van der Waals surface area (Å²) < 4.78 is 5.29. The van der Waals surface area contributed by atoms with E-state index in [0.29, 0.717) is 12.1 Å². The minimum absolute atomic E-state index is 0.165. The van der Waals surface area contributed by atoms with Crippen molar-refractivity contribution in [2.45, 2.75) is 32.5 Å². The summed E-state index contributed by atoms with van der Waals surface area (Å²) in [6, 6.07) is 6.95. The number of halogens is 1. The van der Waals surface area contributed by atoms with Crippen LogP contribution < -0.4 is 5.32 Å². The number of hydrogen-bond donors (Lipinski definition) is 2. The molecule has 0 bridgehead atoms. The molecule has 0 saturated heterocycles. The van der Waals surface area contributed by atoms with E-state index < -0.39 is 11.7 Å². The number of rotatable bonds is 5. The number of carbonyl (C=O) groups is 1. The van der Waals surface area contributed by atoms with Crippen LogP contribution >= 0.6 is 11.6 Å². The van der Waals surface area contributed by atoms with E-state index in [4.69, 9.17) is 16.3 Å². The highest BCUT2D eigenvalue weighted by molar-refractivity contribution is 6.18. The molecule has 19 heavy (non-hydrogen) atoms. The average Bonchev–Trinajstić information content (AvgIpc) is 2.34. The van der Waals surface area contributed by atoms with Gasteiger partial charge in [0.1, 0.15) is 5.60 Å². The van der Waals surface area contributed by atoms with Crippen LogP contribution in [0.15, 0.2) is 24.3 Å². The number of hydrogen-bond acceptors (Lipinski definition) is 4. The number of esters is 1. The van der Waals surface area contributed by atoms with Gasteiger partial charge in [0.25, 0.3) is 0 Å². The number of aliphatic hydroxyl groups is 1. The first-order valence-electron chi connectivity index (χ1n) is 6.13. The van der Waals surface area contributed by atoms with Crippen LogP contribution in [0.3, 0.4) is 0 Å². The zero-order valence-corrected chi connectivity index (χ0v) is 12.2. The maximum absolute atomic E-state index is 11.9. The predicted molar refractivity (Wildman–Crippen MR) is 76.8 cm³/mol. The van der Waals surface area contributed by atoms with Gasteiger partial charge < -0.3 is 15.2 Å². The third kappa shape index (κ3) is 5.94. The third-order valence-corrected chi connectivity index (χ3v) is 2.57. The van der Waals surface area contributed by atoms with Gasteiger partial charge in [-0.25, -0.2) is 4.79 Å². The molecule has 0 amide bonds. The standard InChI is InChI=1S/C14H20ClNO3/c1-14(2,3)19-13(18)10-5-4-6-11(7-10)16-9-12(17)8-15/h4-7,12,16-17H,8-9H2,1-3H3. The van der Waals surface area contributed by atoms with E-state index in [-0.39, 0.29) is 11.8 Å². The fourth-order valence-electron chi connectivity index (χ4n) is 1.38. The Morgan fingerprint density at radius 3 is 2.74 bits per heavy atom. The minimum Gasteiger partial charge on any atom is -0.456 e. The molecule has 1 atom stereocenters. The Morgan fingerprint density at radius 2 is 2.16 bits per heavy atom. The van der Waals surface area contributed by atoms with E-state index in [9.17, 15) is 9.90 Å². The molecule has 0 saturated carbocycles. The molecule has 0 aromatic heterocycles. The average molecular weight is 286 g/mol. The van der Waals surface area contributed by atoms with E-state index in [2.05, 4.69) is 5.32 Å². The zero-order chi connectivity index (χ0) is 14.5. The SMILES string of the molecule is CC(C)(C)OC(=O)c1cccc(NCC(O)CCl)c1. The number of anilines is 1. The topological polar surface area (TPSA) is 58.6 Å². The monoisotopic (exact) mass is 285 g/mol. The highest BCUT2D eigenvalue weighted by atomic mass is 35.5. The molecule has 1 rings (SSSR count). The summed E-state index contributed by atoms with van der Waals surface area (Å²) >= 11 is 5.51. The van der Waals surface area contributed by atoms with Crippen LogP contribution in [0.5, 0.6) is 0 Å². The van der Waals surface area contributed by atoms with Crippen molar-refractivity contribution in [3.8, 4) is 0 Å². The maximum atomic E-state index is 11.9. The van der Waals surface area contributed by atoms with Crippen molar-refractivity contribution in [3.05, 3.63) is 29.8 Å². The van der Waals surface area contributed by atoms with Gasteiger partial charge in [0.15, 0.2) is 0 Å². The first-order valence-corrected chi connectivity index (χ1v) is 6.66. The molecule has 0 aliphatic carbocycles. The first kappa shape index (κ1) is 15.8. The fraction of sp³-hybridized carbons (Fsp3) is 0.500. The normalized spacial score (nSPS) is 12.9. The molecule has 0 radical (unpaired) electrons. The summed E-state index contributed by atoms with van der Waals surface area (Å²) in [5, 5.41) is 12.4. The van der Waals surface area contributed by atoms with Crippen molar-refractivity contribution in [1.29, 1.82) is 0 Å². The van der Waals surface area contributed by atoms with Gasteiger partial charge in [0.05, 0.1) is 17.5 Å². The summed E-state index contributed by atoms with van der Waals surface area (Å²) in [6.45, 7) is 5.80. The highest BCUT2D eigenvalue weighted by Crippen LogP contribution is 2.15. The Bertz CT molecular complexity index is 429. The van der Waals surface area contributed by atoms with Crippen molar-refractivity contribution < 1.29 is 14.6 Å². The van der Waals surface area contributed by atoms with Gasteiger partial charge in [0.2, 0.25) is 0 Å². The Morgan fingerprint density at radius 1 is 1.47 bits per heavy atom. The summed E-state index contributed by atoms with van der Waals surface area (Å²) in [5.41, 5.74) is 0.697. The van der Waals surface area contributed by atoms with Crippen LogP contribution in [0.2, 0.25) is 0 Å². The number of nitrogens with one attached hydrogen (secondary N) is 1. The van der Waals surface area contributed by atoms with Gasteiger partial charge in [-0.05, 0) is 39.0 Å². The number of carbonyl (C=O) groups excluding carboxylic acids is 1. The number of benzene rings is 1. The van der Waals surface area contributed by atoms with Gasteiger partial charge in [0, 0.05) is 12.2 Å². The second-order valence-corrected chi connectivity index (χ2v) is 5.58. The molecule has 5 heteroatoms. The molecule has 1 aromatic carbocycles. The summed E-state index contributed by atoms with van der Waals surface area (Å²) in [4.78, 5) is 11.9. The van der Waals surface area contributed by atoms with E-state index in [0.717, 1.165) is 5.69 Å². The molecule has 0 aliphatic heterocycles. The maximum Gasteiger partial charge on any atom is 0.338 e. The second kappa shape index (κ2) is 6.78. The first-order chi connectivity index (χ1) is 8.81. The summed E-state index contributed by atoms with van der Waals surface area (Å²) in [6.07, 6.45) is -0.619. The second-order valence-electron chi connectivity index (χ2n) is 5.27. The van der Waals surface area contributed by atoms with Crippen molar-refractivity contribution in [2.75, 3.05) is 17.7 Å². The molecule has 0 fully saturated rings. The van der Waals surface area contributed by atoms with E-state index in [1.807, 2.05) is 26.8 Å². The molecular weight excluding hydrogens is 266 g/mol. The van der Waals surface area contributed by atoms with E-state index >= 15 is 0 Å². The van der Waals surface area contributed by atoms with Crippen LogP contribution in [0.25, 0.3) is 0 Å². The van der Waals surface area contributed by atoms with Gasteiger partial charge in [-0.1, -0.05) is 6.07 Å².